The monoisotopic (exact) mass is 603 g/mol. The molecule has 0 saturated carbocycles. The minimum atomic E-state index is -3.71. The molecule has 2 bridgehead atoms. The number of sulfonamides is 1. The Hall–Kier alpha value is -3.39. The van der Waals surface area contributed by atoms with Gasteiger partial charge < -0.3 is 14.2 Å². The van der Waals surface area contributed by atoms with Crippen molar-refractivity contribution >= 4 is 26.8 Å². The summed E-state index contributed by atoms with van der Waals surface area (Å²) in [6, 6.07) is 17.9. The summed E-state index contributed by atoms with van der Waals surface area (Å²) in [7, 11) is -3.71. The largest absolute Gasteiger partial charge is 0.490 e. The van der Waals surface area contributed by atoms with Crippen LogP contribution < -0.4 is 4.74 Å². The lowest BCUT2D eigenvalue weighted by atomic mass is 9.98. The van der Waals surface area contributed by atoms with E-state index in [0.717, 1.165) is 29.5 Å². The first-order chi connectivity index (χ1) is 20.6. The van der Waals surface area contributed by atoms with Gasteiger partial charge in [0.1, 0.15) is 17.5 Å². The zero-order chi connectivity index (χ0) is 30.5. The van der Waals surface area contributed by atoms with Gasteiger partial charge in [0.15, 0.2) is 0 Å². The van der Waals surface area contributed by atoms with Crippen molar-refractivity contribution in [1.82, 2.24) is 18.7 Å². The second-order valence-corrected chi connectivity index (χ2v) is 14.6. The first-order valence-corrected chi connectivity index (χ1v) is 16.9. The normalized spacial score (nSPS) is 23.3. The smallest absolute Gasteiger partial charge is 0.270 e. The van der Waals surface area contributed by atoms with E-state index in [4.69, 9.17) is 10.00 Å². The lowest BCUT2D eigenvalue weighted by Crippen LogP contribution is -2.50. The number of amides is 1. The van der Waals surface area contributed by atoms with E-state index in [-0.39, 0.29) is 36.0 Å². The van der Waals surface area contributed by atoms with Gasteiger partial charge in [0.25, 0.3) is 5.91 Å². The number of nitrogens with zero attached hydrogens (tertiary/aromatic N) is 5. The highest BCUT2D eigenvalue weighted by Gasteiger charge is 2.42. The number of piperazine rings is 1. The molecule has 0 spiro atoms. The number of hydrogen-bond donors (Lipinski definition) is 0. The Bertz CT molecular complexity index is 1630. The summed E-state index contributed by atoms with van der Waals surface area (Å²) in [5, 5.41) is 9.99. The van der Waals surface area contributed by atoms with Crippen LogP contribution in [-0.2, 0) is 10.0 Å². The maximum absolute atomic E-state index is 13.8. The van der Waals surface area contributed by atoms with Crippen LogP contribution in [-0.4, -0.2) is 83.4 Å². The van der Waals surface area contributed by atoms with Crippen LogP contribution in [0.4, 0.5) is 0 Å². The van der Waals surface area contributed by atoms with Crippen molar-refractivity contribution in [2.24, 2.45) is 0 Å². The molecule has 6 rings (SSSR count). The molecule has 3 atom stereocenters. The second-order valence-electron chi connectivity index (χ2n) is 12.7. The van der Waals surface area contributed by atoms with Gasteiger partial charge >= 0.3 is 0 Å². The summed E-state index contributed by atoms with van der Waals surface area (Å²) in [5.41, 5.74) is 2.00. The maximum atomic E-state index is 13.8. The molecule has 3 aromatic rings. The van der Waals surface area contributed by atoms with Gasteiger partial charge in [0, 0.05) is 61.2 Å². The molecular weight excluding hydrogens is 562 g/mol. The topological polar surface area (TPSA) is 98.9 Å². The van der Waals surface area contributed by atoms with Crippen LogP contribution in [0.3, 0.4) is 0 Å². The molecule has 3 aliphatic rings. The van der Waals surface area contributed by atoms with Gasteiger partial charge in [-0.15, -0.1) is 0 Å². The SMILES string of the molecule is CC(C)N1[C@@H]2CC[C@H]1CC(Oc1ccc3c(c1)cc(C(=O)N1CCN(S(=O)(=O)c4ccc(C#N)cc4)CC1)n3C(C)C)C2. The highest BCUT2D eigenvalue weighted by molar-refractivity contribution is 7.89. The zero-order valence-corrected chi connectivity index (χ0v) is 26.3. The number of benzene rings is 2. The van der Waals surface area contributed by atoms with Crippen molar-refractivity contribution in [1.29, 1.82) is 5.26 Å². The molecule has 1 unspecified atom stereocenters. The average molecular weight is 604 g/mol. The number of aromatic nitrogens is 1. The first kappa shape index (κ1) is 29.7. The molecule has 9 nitrogen and oxygen atoms in total. The van der Waals surface area contributed by atoms with Gasteiger partial charge in [-0.2, -0.15) is 9.57 Å². The van der Waals surface area contributed by atoms with E-state index < -0.39 is 10.0 Å². The van der Waals surface area contributed by atoms with Gasteiger partial charge in [-0.05, 0) is 102 Å². The zero-order valence-electron chi connectivity index (χ0n) is 25.4. The molecule has 0 aliphatic carbocycles. The average Bonchev–Trinajstić information content (AvgIpc) is 3.51. The Kier molecular flexibility index (Phi) is 8.01. The molecule has 3 fully saturated rings. The van der Waals surface area contributed by atoms with E-state index in [2.05, 4.69) is 49.3 Å². The van der Waals surface area contributed by atoms with Gasteiger partial charge in [-0.25, -0.2) is 8.42 Å². The number of ether oxygens (including phenoxy) is 1. The van der Waals surface area contributed by atoms with Crippen LogP contribution in [0.1, 0.15) is 75.5 Å². The maximum Gasteiger partial charge on any atom is 0.270 e. The predicted molar refractivity (Wildman–Crippen MR) is 166 cm³/mol. The number of carbonyl (C=O) groups excluding carboxylic acids is 1. The Morgan fingerprint density at radius 1 is 0.907 bits per heavy atom. The second kappa shape index (κ2) is 11.6. The number of carbonyl (C=O) groups is 1. The van der Waals surface area contributed by atoms with Crippen molar-refractivity contribution in [2.75, 3.05) is 26.2 Å². The third kappa shape index (κ3) is 5.54. The van der Waals surface area contributed by atoms with Crippen molar-refractivity contribution < 1.29 is 17.9 Å². The molecular formula is C33H41N5O4S. The van der Waals surface area contributed by atoms with E-state index in [0.29, 0.717) is 42.5 Å². The number of rotatable bonds is 7. The molecule has 43 heavy (non-hydrogen) atoms. The molecule has 228 valence electrons. The van der Waals surface area contributed by atoms with Crippen LogP contribution in [0.25, 0.3) is 10.9 Å². The molecule has 1 amide bonds. The van der Waals surface area contributed by atoms with Crippen LogP contribution in [0.5, 0.6) is 5.75 Å². The highest BCUT2D eigenvalue weighted by Crippen LogP contribution is 2.39. The molecule has 4 heterocycles. The fourth-order valence-corrected chi connectivity index (χ4v) is 8.87. The summed E-state index contributed by atoms with van der Waals surface area (Å²) >= 11 is 0. The number of fused-ring (bicyclic) bond motifs is 3. The number of nitriles is 1. The van der Waals surface area contributed by atoms with E-state index in [1.807, 2.05) is 18.2 Å². The lowest BCUT2D eigenvalue weighted by Gasteiger charge is -2.41. The Morgan fingerprint density at radius 2 is 1.56 bits per heavy atom. The molecule has 3 aliphatic heterocycles. The van der Waals surface area contributed by atoms with Crippen molar-refractivity contribution in [2.45, 2.75) is 88.5 Å². The van der Waals surface area contributed by atoms with E-state index in [9.17, 15) is 13.2 Å². The van der Waals surface area contributed by atoms with Crippen LogP contribution in [0.15, 0.2) is 53.4 Å². The Labute approximate surface area is 254 Å². The number of piperidine rings is 1. The predicted octanol–water partition coefficient (Wildman–Crippen LogP) is 5.02. The fourth-order valence-electron chi connectivity index (χ4n) is 7.45. The van der Waals surface area contributed by atoms with Crippen LogP contribution >= 0.6 is 0 Å². The molecule has 1 aromatic heterocycles. The van der Waals surface area contributed by atoms with Crippen LogP contribution in [0, 0.1) is 11.3 Å². The molecule has 3 saturated heterocycles. The van der Waals surface area contributed by atoms with Gasteiger partial charge in [-0.3, -0.25) is 9.69 Å². The highest BCUT2D eigenvalue weighted by atomic mass is 32.2. The Morgan fingerprint density at radius 3 is 2.14 bits per heavy atom. The third-order valence-corrected chi connectivity index (χ3v) is 11.3. The minimum Gasteiger partial charge on any atom is -0.490 e. The van der Waals surface area contributed by atoms with E-state index in [1.165, 1.54) is 41.4 Å². The standard InChI is InChI=1S/C33H41N5O4S/c1-22(2)37-26-7-8-27(37)20-29(19-26)42-28-9-12-31-25(17-28)18-32(38(31)23(3)4)33(39)35-13-15-36(16-14-35)43(40,41)30-10-5-24(21-34)6-11-30/h5-6,9-12,17-18,22-23,26-27,29H,7-8,13-16,19-20H2,1-4H3/t26-,27+,29?. The van der Waals surface area contributed by atoms with Crippen LogP contribution in [0.2, 0.25) is 0 Å². The summed E-state index contributed by atoms with van der Waals surface area (Å²) in [5.74, 6) is 0.747. The van der Waals surface area contributed by atoms with Gasteiger partial charge in [0.05, 0.1) is 16.5 Å². The molecule has 2 aromatic carbocycles. The van der Waals surface area contributed by atoms with E-state index in [1.54, 1.807) is 4.90 Å². The third-order valence-electron chi connectivity index (χ3n) is 9.34. The van der Waals surface area contributed by atoms with Gasteiger partial charge in [-0.1, -0.05) is 0 Å². The van der Waals surface area contributed by atoms with Gasteiger partial charge in [0.2, 0.25) is 10.0 Å². The Balaban J connectivity index is 1.16. The molecule has 0 radical (unpaired) electrons. The number of hydrogen-bond acceptors (Lipinski definition) is 6. The van der Waals surface area contributed by atoms with Crippen molar-refractivity contribution in [3.63, 3.8) is 0 Å². The summed E-state index contributed by atoms with van der Waals surface area (Å²) in [6.45, 7) is 9.76. The quantitative estimate of drug-likeness (QED) is 0.376. The van der Waals surface area contributed by atoms with E-state index >= 15 is 0 Å². The molecule has 0 N–H and O–H groups in total. The fraction of sp³-hybridized carbons (Fsp3) is 0.515. The van der Waals surface area contributed by atoms with Crippen molar-refractivity contribution in [3.8, 4) is 11.8 Å². The summed E-state index contributed by atoms with van der Waals surface area (Å²) in [6.07, 6.45) is 4.81. The van der Waals surface area contributed by atoms with Crippen molar-refractivity contribution in [3.05, 3.63) is 59.8 Å². The molecule has 10 heteroatoms. The summed E-state index contributed by atoms with van der Waals surface area (Å²) in [4.78, 5) is 18.4. The first-order valence-electron chi connectivity index (χ1n) is 15.5. The minimum absolute atomic E-state index is 0.0669. The summed E-state index contributed by atoms with van der Waals surface area (Å²) < 4.78 is 36.4. The lowest BCUT2D eigenvalue weighted by molar-refractivity contribution is 0.0308.